The van der Waals surface area contributed by atoms with Gasteiger partial charge >= 0.3 is 0 Å². The number of anilines is 1. The van der Waals surface area contributed by atoms with Crippen LogP contribution in [0.15, 0.2) is 71.7 Å². The summed E-state index contributed by atoms with van der Waals surface area (Å²) in [5.41, 5.74) is 3.79. The van der Waals surface area contributed by atoms with Crippen molar-refractivity contribution in [2.75, 3.05) is 5.32 Å². The molecule has 0 unspecified atom stereocenters. The summed E-state index contributed by atoms with van der Waals surface area (Å²) >= 11 is 0. The maximum absolute atomic E-state index is 13.1. The van der Waals surface area contributed by atoms with Gasteiger partial charge in [-0.3, -0.25) is 14.4 Å². The number of amides is 1. The first-order valence-corrected chi connectivity index (χ1v) is 10.3. The lowest BCUT2D eigenvalue weighted by Gasteiger charge is -2.14. The molecule has 160 valence electrons. The van der Waals surface area contributed by atoms with Crippen LogP contribution in [0.2, 0.25) is 0 Å². The molecule has 0 radical (unpaired) electrons. The number of nitrogens with one attached hydrogen (secondary N) is 1. The average molecular weight is 425 g/mol. The van der Waals surface area contributed by atoms with Gasteiger partial charge in [0.05, 0.1) is 10.9 Å². The summed E-state index contributed by atoms with van der Waals surface area (Å²) in [6.07, 6.45) is 1.44. The summed E-state index contributed by atoms with van der Waals surface area (Å²) in [6.45, 7) is 5.56. The van der Waals surface area contributed by atoms with Crippen molar-refractivity contribution in [3.8, 4) is 0 Å². The molecule has 0 atom stereocenters. The number of carbonyl (C=O) groups excluding carboxylic acids is 2. The first kappa shape index (κ1) is 21.2. The lowest BCUT2D eigenvalue weighted by molar-refractivity contribution is -0.116. The van der Waals surface area contributed by atoms with Gasteiger partial charge in [-0.1, -0.05) is 48.0 Å². The van der Waals surface area contributed by atoms with E-state index in [4.69, 9.17) is 0 Å². The molecule has 2 heterocycles. The highest BCUT2D eigenvalue weighted by molar-refractivity contribution is 6.10. The van der Waals surface area contributed by atoms with Gasteiger partial charge in [-0.05, 0) is 44.5 Å². The molecule has 0 spiro atoms. The number of rotatable bonds is 5. The van der Waals surface area contributed by atoms with Crippen molar-refractivity contribution in [2.24, 2.45) is 0 Å². The van der Waals surface area contributed by atoms with Gasteiger partial charge in [0.2, 0.25) is 11.3 Å². The Morgan fingerprint density at radius 2 is 1.66 bits per heavy atom. The van der Waals surface area contributed by atoms with Crippen molar-refractivity contribution >= 4 is 28.4 Å². The van der Waals surface area contributed by atoms with Gasteiger partial charge < -0.3 is 9.88 Å². The molecule has 0 saturated carbocycles. The van der Waals surface area contributed by atoms with Crippen LogP contribution in [0.4, 0.5) is 5.69 Å². The minimum atomic E-state index is -0.395. The van der Waals surface area contributed by atoms with Gasteiger partial charge in [-0.2, -0.15) is 0 Å². The zero-order chi connectivity index (χ0) is 22.8. The van der Waals surface area contributed by atoms with E-state index in [0.717, 1.165) is 11.1 Å². The summed E-state index contributed by atoms with van der Waals surface area (Å²) in [5, 5.41) is 3.19. The van der Waals surface area contributed by atoms with Crippen LogP contribution in [-0.4, -0.2) is 21.2 Å². The summed E-state index contributed by atoms with van der Waals surface area (Å²) < 4.78 is 1.57. The number of hydrogen-bond acceptors (Lipinski definition) is 4. The average Bonchev–Trinajstić information content (AvgIpc) is 2.77. The molecule has 6 heteroatoms. The first-order valence-electron chi connectivity index (χ1n) is 10.3. The van der Waals surface area contributed by atoms with Crippen molar-refractivity contribution in [3.63, 3.8) is 0 Å². The molecule has 0 bridgehead atoms. The van der Waals surface area contributed by atoms with E-state index in [-0.39, 0.29) is 23.8 Å². The second-order valence-corrected chi connectivity index (χ2v) is 7.88. The smallest absolute Gasteiger partial charge is 0.244 e. The fourth-order valence-corrected chi connectivity index (χ4v) is 3.56. The van der Waals surface area contributed by atoms with Crippen LogP contribution in [0.25, 0.3) is 11.0 Å². The molecule has 0 aliphatic heterocycles. The van der Waals surface area contributed by atoms with Crippen molar-refractivity contribution < 1.29 is 9.59 Å². The minimum Gasteiger partial charge on any atom is -0.324 e. The molecular weight excluding hydrogens is 402 g/mol. The van der Waals surface area contributed by atoms with Gasteiger partial charge in [0.15, 0.2) is 5.78 Å². The van der Waals surface area contributed by atoms with Crippen molar-refractivity contribution in [1.29, 1.82) is 0 Å². The third-order valence-corrected chi connectivity index (χ3v) is 5.35. The molecule has 0 aliphatic carbocycles. The Morgan fingerprint density at radius 3 is 2.38 bits per heavy atom. The number of para-hydroxylation sites is 1. The lowest BCUT2D eigenvalue weighted by atomic mass is 10.0. The molecule has 4 aromatic rings. The molecule has 1 amide bonds. The number of aryl methyl sites for hydroxylation is 3. The van der Waals surface area contributed by atoms with Crippen LogP contribution in [0.3, 0.4) is 0 Å². The lowest BCUT2D eigenvalue weighted by Crippen LogP contribution is -2.25. The van der Waals surface area contributed by atoms with Crippen LogP contribution in [0, 0.1) is 20.8 Å². The highest BCUT2D eigenvalue weighted by Gasteiger charge is 2.19. The van der Waals surface area contributed by atoms with E-state index in [1.54, 1.807) is 28.8 Å². The van der Waals surface area contributed by atoms with E-state index < -0.39 is 5.43 Å². The Bertz CT molecular complexity index is 1400. The van der Waals surface area contributed by atoms with Gasteiger partial charge in [0, 0.05) is 23.1 Å². The maximum Gasteiger partial charge on any atom is 0.244 e. The summed E-state index contributed by atoms with van der Waals surface area (Å²) in [5.74, 6) is -0.660. The van der Waals surface area contributed by atoms with E-state index in [2.05, 4.69) is 10.3 Å². The third kappa shape index (κ3) is 4.21. The number of nitrogens with zero attached hydrogens (tertiary/aromatic N) is 2. The molecule has 2 aromatic heterocycles. The maximum atomic E-state index is 13.1. The number of aromatic nitrogens is 2. The van der Waals surface area contributed by atoms with Gasteiger partial charge in [0.25, 0.3) is 0 Å². The molecule has 0 fully saturated rings. The second kappa shape index (κ2) is 8.59. The Kier molecular flexibility index (Phi) is 5.69. The van der Waals surface area contributed by atoms with Gasteiger partial charge in [-0.25, -0.2) is 4.98 Å². The normalized spacial score (nSPS) is 10.8. The SMILES string of the molecule is Cc1ccc(C(=O)c2cn(CC(=O)Nc3ccccc3C)c3nc(C)ccc3c2=O)cc1. The Balaban J connectivity index is 1.78. The summed E-state index contributed by atoms with van der Waals surface area (Å²) in [4.78, 5) is 43.5. The minimum absolute atomic E-state index is 0.00991. The second-order valence-electron chi connectivity index (χ2n) is 7.88. The highest BCUT2D eigenvalue weighted by Crippen LogP contribution is 2.16. The van der Waals surface area contributed by atoms with Crippen LogP contribution in [0.5, 0.6) is 0 Å². The Labute approximate surface area is 185 Å². The predicted octanol–water partition coefficient (Wildman–Crippen LogP) is 4.19. The Hall–Kier alpha value is -4.06. The Morgan fingerprint density at radius 1 is 0.938 bits per heavy atom. The largest absolute Gasteiger partial charge is 0.324 e. The van der Waals surface area contributed by atoms with Crippen molar-refractivity contribution in [3.05, 3.63) is 105 Å². The van der Waals surface area contributed by atoms with Crippen LogP contribution in [-0.2, 0) is 11.3 Å². The van der Waals surface area contributed by atoms with Crippen molar-refractivity contribution in [2.45, 2.75) is 27.3 Å². The van der Waals surface area contributed by atoms with E-state index in [1.165, 1.54) is 6.20 Å². The molecule has 1 N–H and O–H groups in total. The highest BCUT2D eigenvalue weighted by atomic mass is 16.2. The van der Waals surface area contributed by atoms with Crippen LogP contribution in [0.1, 0.15) is 32.7 Å². The number of benzene rings is 2. The quantitative estimate of drug-likeness (QED) is 0.486. The third-order valence-electron chi connectivity index (χ3n) is 5.35. The fraction of sp³-hybridized carbons (Fsp3) is 0.154. The van der Waals surface area contributed by atoms with Gasteiger partial charge in [-0.15, -0.1) is 0 Å². The van der Waals surface area contributed by atoms with Crippen LogP contribution >= 0.6 is 0 Å². The van der Waals surface area contributed by atoms with Crippen molar-refractivity contribution in [1.82, 2.24) is 9.55 Å². The number of ketones is 1. The van der Waals surface area contributed by atoms with Crippen LogP contribution < -0.4 is 10.7 Å². The number of pyridine rings is 2. The summed E-state index contributed by atoms with van der Waals surface area (Å²) in [7, 11) is 0. The fourth-order valence-electron chi connectivity index (χ4n) is 3.56. The molecule has 2 aromatic carbocycles. The summed E-state index contributed by atoms with van der Waals surface area (Å²) in [6, 6.07) is 17.9. The molecule has 6 nitrogen and oxygen atoms in total. The molecule has 32 heavy (non-hydrogen) atoms. The zero-order valence-electron chi connectivity index (χ0n) is 18.2. The monoisotopic (exact) mass is 425 g/mol. The molecule has 0 aliphatic rings. The molecular formula is C26H23N3O3. The predicted molar refractivity (Wildman–Crippen MR) is 125 cm³/mol. The molecule has 0 saturated heterocycles. The number of hydrogen-bond donors (Lipinski definition) is 1. The molecule has 4 rings (SSSR count). The van der Waals surface area contributed by atoms with E-state index in [9.17, 15) is 14.4 Å². The number of fused-ring (bicyclic) bond motifs is 1. The first-order chi connectivity index (χ1) is 15.3. The topological polar surface area (TPSA) is 81.1 Å². The van der Waals surface area contributed by atoms with E-state index in [0.29, 0.717) is 28.0 Å². The van der Waals surface area contributed by atoms with Gasteiger partial charge in [0.1, 0.15) is 12.2 Å². The van der Waals surface area contributed by atoms with E-state index in [1.807, 2.05) is 57.2 Å². The standard InChI is InChI=1S/C26H23N3O3/c1-16-8-11-19(12-9-16)24(31)21-14-29(26-20(25(21)32)13-10-18(3)27-26)15-23(30)28-22-7-5-4-6-17(22)2/h4-14H,15H2,1-3H3,(H,28,30). The van der Waals surface area contributed by atoms with E-state index >= 15 is 0 Å². The number of carbonyl (C=O) groups is 2. The zero-order valence-corrected chi connectivity index (χ0v) is 18.2.